The molecule has 0 saturated carbocycles. The van der Waals surface area contributed by atoms with Crippen molar-refractivity contribution in [3.63, 3.8) is 0 Å². The Hall–Kier alpha value is -0.340. The van der Waals surface area contributed by atoms with Crippen molar-refractivity contribution in [3.8, 4) is 0 Å². The van der Waals surface area contributed by atoms with Crippen LogP contribution in [0.2, 0.25) is 10.0 Å². The van der Waals surface area contributed by atoms with Gasteiger partial charge in [0.25, 0.3) is 0 Å². The fraction of sp³-hybridized carbons (Fsp3) is 0.143. The molecule has 60 valence electrons. The van der Waals surface area contributed by atoms with Crippen LogP contribution < -0.4 is 0 Å². The van der Waals surface area contributed by atoms with E-state index in [-0.39, 0.29) is 15.6 Å². The lowest BCUT2D eigenvalue weighted by atomic mass is 10.2. The maximum absolute atomic E-state index is 12.7. The number of hydrogen-bond donors (Lipinski definition) is 0. The predicted octanol–water partition coefficient (Wildman–Crippen LogP) is 3.60. The molecule has 1 aromatic rings. The number of benzene rings is 1. The fourth-order valence-corrected chi connectivity index (χ4v) is 1.22. The molecule has 1 rings (SSSR count). The number of halogens is 4. The van der Waals surface area contributed by atoms with Gasteiger partial charge in [-0.15, -0.1) is 0 Å². The first kappa shape index (κ1) is 8.75. The zero-order valence-corrected chi connectivity index (χ0v) is 6.89. The van der Waals surface area contributed by atoms with Gasteiger partial charge in [0.05, 0.1) is 10.0 Å². The lowest BCUT2D eigenvalue weighted by Gasteiger charge is -1.99. The normalized spacial score (nSPS) is 10.2. The van der Waals surface area contributed by atoms with Crippen LogP contribution in [0.15, 0.2) is 12.1 Å². The molecule has 11 heavy (non-hydrogen) atoms. The van der Waals surface area contributed by atoms with Gasteiger partial charge in [0.15, 0.2) is 5.82 Å². The molecule has 0 fully saturated rings. The molecule has 0 amide bonds. The van der Waals surface area contributed by atoms with Gasteiger partial charge in [-0.2, -0.15) is 0 Å². The molecule has 0 aromatic heterocycles. The summed E-state index contributed by atoms with van der Waals surface area (Å²) in [5.74, 6) is -0.703. The van der Waals surface area contributed by atoms with E-state index in [9.17, 15) is 8.78 Å². The summed E-state index contributed by atoms with van der Waals surface area (Å²) >= 11 is 10.7. The first-order valence-corrected chi connectivity index (χ1v) is 3.60. The fourth-order valence-electron chi connectivity index (χ4n) is 0.685. The van der Waals surface area contributed by atoms with Crippen molar-refractivity contribution in [3.05, 3.63) is 33.6 Å². The molecular formula is C7H4Cl2F2. The molecule has 4 heteroatoms. The Balaban J connectivity index is 3.21. The third-order valence-electron chi connectivity index (χ3n) is 1.20. The van der Waals surface area contributed by atoms with Gasteiger partial charge in [0, 0.05) is 0 Å². The topological polar surface area (TPSA) is 0 Å². The van der Waals surface area contributed by atoms with Gasteiger partial charge in [-0.05, 0) is 17.7 Å². The molecule has 0 saturated heterocycles. The molecule has 0 unspecified atom stereocenters. The number of hydrogen-bond acceptors (Lipinski definition) is 0. The third kappa shape index (κ3) is 1.82. The average Bonchev–Trinajstić information content (AvgIpc) is 1.99. The molecule has 0 spiro atoms. The Bertz CT molecular complexity index is 250. The highest BCUT2D eigenvalue weighted by molar-refractivity contribution is 6.34. The van der Waals surface area contributed by atoms with Crippen LogP contribution in [0.25, 0.3) is 0 Å². The highest BCUT2D eigenvalue weighted by Crippen LogP contribution is 2.24. The van der Waals surface area contributed by atoms with Crippen LogP contribution in [0, 0.1) is 5.82 Å². The highest BCUT2D eigenvalue weighted by Gasteiger charge is 2.06. The zero-order valence-electron chi connectivity index (χ0n) is 5.37. The van der Waals surface area contributed by atoms with Gasteiger partial charge in [0.1, 0.15) is 6.67 Å². The van der Waals surface area contributed by atoms with E-state index in [1.54, 1.807) is 0 Å². The van der Waals surface area contributed by atoms with E-state index in [1.807, 2.05) is 0 Å². The average molecular weight is 197 g/mol. The minimum atomic E-state index is -0.703. The zero-order chi connectivity index (χ0) is 8.43. The molecule has 0 N–H and O–H groups in total. The summed E-state index contributed by atoms with van der Waals surface area (Å²) in [6.45, 7) is -0.695. The summed E-state index contributed by atoms with van der Waals surface area (Å²) in [5.41, 5.74) is 0.279. The summed E-state index contributed by atoms with van der Waals surface area (Å²) in [6.07, 6.45) is 0. The first-order valence-electron chi connectivity index (χ1n) is 2.84. The Morgan fingerprint density at radius 2 is 1.64 bits per heavy atom. The van der Waals surface area contributed by atoms with Crippen molar-refractivity contribution in [1.29, 1.82) is 0 Å². The third-order valence-corrected chi connectivity index (χ3v) is 1.75. The van der Waals surface area contributed by atoms with Crippen molar-refractivity contribution in [2.45, 2.75) is 6.67 Å². The van der Waals surface area contributed by atoms with E-state index < -0.39 is 12.5 Å². The molecule has 0 nitrogen and oxygen atoms in total. The van der Waals surface area contributed by atoms with E-state index in [1.165, 1.54) is 12.1 Å². The Morgan fingerprint density at radius 3 is 2.00 bits per heavy atom. The van der Waals surface area contributed by atoms with E-state index >= 15 is 0 Å². The SMILES string of the molecule is FCc1cc(Cl)c(F)c(Cl)c1. The molecule has 0 heterocycles. The summed E-state index contributed by atoms with van der Waals surface area (Å²) in [4.78, 5) is 0. The van der Waals surface area contributed by atoms with Gasteiger partial charge < -0.3 is 0 Å². The maximum Gasteiger partial charge on any atom is 0.160 e. The van der Waals surface area contributed by atoms with Crippen LogP contribution in [0.3, 0.4) is 0 Å². The van der Waals surface area contributed by atoms with Gasteiger partial charge in [0.2, 0.25) is 0 Å². The Morgan fingerprint density at radius 1 is 1.18 bits per heavy atom. The minimum absolute atomic E-state index is 0.148. The van der Waals surface area contributed by atoms with Crippen molar-refractivity contribution >= 4 is 23.2 Å². The number of rotatable bonds is 1. The van der Waals surface area contributed by atoms with E-state index in [2.05, 4.69) is 0 Å². The monoisotopic (exact) mass is 196 g/mol. The summed E-state index contributed by atoms with van der Waals surface area (Å²) in [7, 11) is 0. The smallest absolute Gasteiger partial charge is 0.160 e. The molecule has 0 aliphatic heterocycles. The van der Waals surface area contributed by atoms with E-state index in [4.69, 9.17) is 23.2 Å². The van der Waals surface area contributed by atoms with Crippen LogP contribution in [0.4, 0.5) is 8.78 Å². The van der Waals surface area contributed by atoms with Gasteiger partial charge in [-0.1, -0.05) is 23.2 Å². The van der Waals surface area contributed by atoms with Gasteiger partial charge in [-0.25, -0.2) is 8.78 Å². The first-order chi connectivity index (χ1) is 5.15. The second kappa shape index (κ2) is 3.37. The highest BCUT2D eigenvalue weighted by atomic mass is 35.5. The number of alkyl halides is 1. The molecule has 0 aliphatic rings. The standard InChI is InChI=1S/C7H4Cl2F2/c8-5-1-4(3-10)2-6(9)7(5)11/h1-2H,3H2. The summed E-state index contributed by atoms with van der Waals surface area (Å²) in [6, 6.07) is 2.42. The van der Waals surface area contributed by atoms with Crippen LogP contribution in [0.5, 0.6) is 0 Å². The minimum Gasteiger partial charge on any atom is -0.246 e. The van der Waals surface area contributed by atoms with Crippen LogP contribution in [-0.2, 0) is 6.67 Å². The van der Waals surface area contributed by atoms with Crippen molar-refractivity contribution < 1.29 is 8.78 Å². The quantitative estimate of drug-likeness (QED) is 0.603. The largest absolute Gasteiger partial charge is 0.246 e. The Kier molecular flexibility index (Phi) is 2.68. The lowest BCUT2D eigenvalue weighted by molar-refractivity contribution is 0.484. The van der Waals surface area contributed by atoms with Crippen LogP contribution >= 0.6 is 23.2 Å². The molecular weight excluding hydrogens is 193 g/mol. The molecule has 0 atom stereocenters. The maximum atomic E-state index is 12.7. The van der Waals surface area contributed by atoms with Crippen molar-refractivity contribution in [2.24, 2.45) is 0 Å². The summed E-state index contributed by atoms with van der Waals surface area (Å²) < 4.78 is 24.6. The van der Waals surface area contributed by atoms with Crippen molar-refractivity contribution in [1.82, 2.24) is 0 Å². The van der Waals surface area contributed by atoms with Gasteiger partial charge >= 0.3 is 0 Å². The summed E-state index contributed by atoms with van der Waals surface area (Å²) in [5, 5.41) is -0.296. The predicted molar refractivity (Wildman–Crippen MR) is 41.2 cm³/mol. The Labute approximate surface area is 72.7 Å². The second-order valence-electron chi connectivity index (χ2n) is 2.01. The molecule has 0 aliphatic carbocycles. The molecule has 0 bridgehead atoms. The van der Waals surface area contributed by atoms with Crippen molar-refractivity contribution in [2.75, 3.05) is 0 Å². The molecule has 1 aromatic carbocycles. The van der Waals surface area contributed by atoms with E-state index in [0.717, 1.165) is 0 Å². The molecule has 0 radical (unpaired) electrons. The lowest BCUT2D eigenvalue weighted by Crippen LogP contribution is -1.84. The van der Waals surface area contributed by atoms with Crippen LogP contribution in [-0.4, -0.2) is 0 Å². The second-order valence-corrected chi connectivity index (χ2v) is 2.82. The van der Waals surface area contributed by atoms with E-state index in [0.29, 0.717) is 0 Å². The van der Waals surface area contributed by atoms with Gasteiger partial charge in [-0.3, -0.25) is 0 Å². The van der Waals surface area contributed by atoms with Crippen LogP contribution in [0.1, 0.15) is 5.56 Å².